The molecule has 0 aliphatic heterocycles. The first kappa shape index (κ1) is 15.9. The van der Waals surface area contributed by atoms with Gasteiger partial charge in [-0.3, -0.25) is 4.98 Å². The van der Waals surface area contributed by atoms with Gasteiger partial charge in [-0.05, 0) is 64.0 Å². The van der Waals surface area contributed by atoms with Gasteiger partial charge in [0.2, 0.25) is 0 Å². The Bertz CT molecular complexity index is 1660. The first-order valence-corrected chi connectivity index (χ1v) is 10.3. The molecular formula is C28H17NO. The van der Waals surface area contributed by atoms with Crippen LogP contribution >= 0.6 is 0 Å². The molecule has 0 spiro atoms. The topological polar surface area (TPSA) is 26.0 Å². The minimum absolute atomic E-state index is 0.921. The highest BCUT2D eigenvalue weighted by Crippen LogP contribution is 2.41. The van der Waals surface area contributed by atoms with Crippen LogP contribution < -0.4 is 0 Å². The van der Waals surface area contributed by atoms with Gasteiger partial charge in [0.15, 0.2) is 0 Å². The van der Waals surface area contributed by atoms with E-state index in [4.69, 9.17) is 9.40 Å². The van der Waals surface area contributed by atoms with Crippen LogP contribution in [0.25, 0.3) is 60.8 Å². The molecule has 7 rings (SSSR count). The number of rotatable bonds is 1. The molecule has 2 nitrogen and oxygen atoms in total. The Morgan fingerprint density at radius 2 is 1.67 bits per heavy atom. The molecule has 0 N–H and O–H groups in total. The molecule has 4 aromatic carbocycles. The quantitative estimate of drug-likeness (QED) is 0.293. The van der Waals surface area contributed by atoms with Crippen LogP contribution in [0.5, 0.6) is 0 Å². The van der Waals surface area contributed by atoms with E-state index in [-0.39, 0.29) is 0 Å². The predicted octanol–water partition coefficient (Wildman–Crippen LogP) is 7.52. The summed E-state index contributed by atoms with van der Waals surface area (Å²) in [6.07, 6.45) is 7.30. The van der Waals surface area contributed by atoms with Gasteiger partial charge in [0, 0.05) is 27.9 Å². The number of aromatic nitrogens is 1. The number of pyridine rings is 1. The van der Waals surface area contributed by atoms with Crippen LogP contribution in [0.2, 0.25) is 0 Å². The van der Waals surface area contributed by atoms with Crippen LogP contribution in [-0.2, 0) is 6.42 Å². The van der Waals surface area contributed by atoms with Crippen LogP contribution in [0.1, 0.15) is 11.1 Å². The van der Waals surface area contributed by atoms with E-state index in [0.29, 0.717) is 0 Å². The van der Waals surface area contributed by atoms with Gasteiger partial charge >= 0.3 is 0 Å². The normalized spacial score (nSPS) is 13.1. The van der Waals surface area contributed by atoms with Crippen molar-refractivity contribution in [1.29, 1.82) is 0 Å². The number of hydrogen-bond acceptors (Lipinski definition) is 2. The van der Waals surface area contributed by atoms with E-state index in [2.05, 4.69) is 84.9 Å². The molecule has 2 heteroatoms. The first-order valence-electron chi connectivity index (χ1n) is 10.3. The summed E-state index contributed by atoms with van der Waals surface area (Å²) in [5.74, 6) is 0. The van der Waals surface area contributed by atoms with E-state index < -0.39 is 0 Å². The minimum atomic E-state index is 0.921. The van der Waals surface area contributed by atoms with Crippen molar-refractivity contribution < 1.29 is 4.42 Å². The van der Waals surface area contributed by atoms with Crippen molar-refractivity contribution in [3.8, 4) is 11.3 Å². The molecule has 140 valence electrons. The Kier molecular flexibility index (Phi) is 3.09. The zero-order valence-electron chi connectivity index (χ0n) is 16.2. The van der Waals surface area contributed by atoms with Crippen LogP contribution in [0, 0.1) is 0 Å². The standard InChI is InChI=1S/C28H17NO/c1-2-9-21-17(5-1)13-14-29-28(21)20-11-12-24-23(15-20)27-22-10-4-7-18-6-3-8-19(26(18)22)16-25(27)30-24/h1-7,9-16H,8H2. The second-order valence-corrected chi connectivity index (χ2v) is 7.98. The second kappa shape index (κ2) is 5.80. The van der Waals surface area contributed by atoms with E-state index in [9.17, 15) is 0 Å². The fraction of sp³-hybridized carbons (Fsp3) is 0.0357. The lowest BCUT2D eigenvalue weighted by Gasteiger charge is -2.13. The van der Waals surface area contributed by atoms with Gasteiger partial charge in [-0.15, -0.1) is 0 Å². The Morgan fingerprint density at radius 3 is 2.67 bits per heavy atom. The molecule has 30 heavy (non-hydrogen) atoms. The lowest BCUT2D eigenvalue weighted by atomic mass is 9.90. The highest BCUT2D eigenvalue weighted by Gasteiger charge is 2.17. The third-order valence-electron chi connectivity index (χ3n) is 6.29. The molecule has 0 saturated carbocycles. The molecule has 1 aliphatic carbocycles. The number of furan rings is 1. The van der Waals surface area contributed by atoms with E-state index in [0.717, 1.165) is 34.2 Å². The molecule has 0 bridgehead atoms. The third-order valence-corrected chi connectivity index (χ3v) is 6.29. The van der Waals surface area contributed by atoms with E-state index in [1.165, 1.54) is 38.1 Å². The average molecular weight is 383 g/mol. The highest BCUT2D eigenvalue weighted by atomic mass is 16.3. The van der Waals surface area contributed by atoms with Gasteiger partial charge in [-0.1, -0.05) is 54.6 Å². The molecule has 1 aliphatic rings. The van der Waals surface area contributed by atoms with E-state index in [1.54, 1.807) is 0 Å². The van der Waals surface area contributed by atoms with Crippen molar-refractivity contribution in [3.63, 3.8) is 0 Å². The second-order valence-electron chi connectivity index (χ2n) is 7.98. The first-order chi connectivity index (χ1) is 14.9. The van der Waals surface area contributed by atoms with Crippen LogP contribution in [0.4, 0.5) is 0 Å². The fourth-order valence-electron chi connectivity index (χ4n) is 4.97. The van der Waals surface area contributed by atoms with Gasteiger partial charge in [-0.2, -0.15) is 0 Å². The molecule has 0 atom stereocenters. The molecule has 2 aromatic heterocycles. The fourth-order valence-corrected chi connectivity index (χ4v) is 4.97. The Morgan fingerprint density at radius 1 is 0.733 bits per heavy atom. The summed E-state index contributed by atoms with van der Waals surface area (Å²) < 4.78 is 6.30. The number of fused-ring (bicyclic) bond motifs is 5. The van der Waals surface area contributed by atoms with E-state index in [1.807, 2.05) is 6.20 Å². The molecular weight excluding hydrogens is 366 g/mol. The zero-order valence-corrected chi connectivity index (χ0v) is 16.2. The summed E-state index contributed by atoms with van der Waals surface area (Å²) >= 11 is 0. The summed E-state index contributed by atoms with van der Waals surface area (Å²) in [6.45, 7) is 0. The Hall–Kier alpha value is -3.91. The molecule has 0 saturated heterocycles. The maximum atomic E-state index is 6.30. The van der Waals surface area contributed by atoms with Crippen molar-refractivity contribution in [2.75, 3.05) is 0 Å². The van der Waals surface area contributed by atoms with Gasteiger partial charge in [0.05, 0.1) is 5.69 Å². The smallest absolute Gasteiger partial charge is 0.136 e. The third kappa shape index (κ3) is 2.11. The van der Waals surface area contributed by atoms with Crippen molar-refractivity contribution in [3.05, 3.63) is 96.2 Å². The van der Waals surface area contributed by atoms with Gasteiger partial charge < -0.3 is 4.42 Å². The van der Waals surface area contributed by atoms with Crippen LogP contribution in [0.15, 0.2) is 89.5 Å². The number of hydrogen-bond donors (Lipinski definition) is 0. The Labute approximate surface area is 173 Å². The highest BCUT2D eigenvalue weighted by molar-refractivity contribution is 6.21. The largest absolute Gasteiger partial charge is 0.456 e. The lowest BCUT2D eigenvalue weighted by molar-refractivity contribution is 0.669. The SMILES string of the molecule is C1=Cc2cccc3c2c(cc2oc4ccc(-c5nccc6ccccc56)cc4c23)C1. The number of allylic oxidation sites excluding steroid dienone is 1. The summed E-state index contributed by atoms with van der Waals surface area (Å²) in [5.41, 5.74) is 6.63. The van der Waals surface area contributed by atoms with Gasteiger partial charge in [-0.25, -0.2) is 0 Å². The molecule has 0 amide bonds. The van der Waals surface area contributed by atoms with Gasteiger partial charge in [0.1, 0.15) is 11.2 Å². The number of nitrogens with zero attached hydrogens (tertiary/aromatic N) is 1. The Balaban J connectivity index is 1.59. The summed E-state index contributed by atoms with van der Waals surface area (Å²) in [7, 11) is 0. The van der Waals surface area contributed by atoms with Crippen LogP contribution in [0.3, 0.4) is 0 Å². The molecule has 0 unspecified atom stereocenters. The lowest BCUT2D eigenvalue weighted by Crippen LogP contribution is -1.93. The zero-order chi connectivity index (χ0) is 19.7. The maximum absolute atomic E-state index is 6.30. The van der Waals surface area contributed by atoms with Gasteiger partial charge in [0.25, 0.3) is 0 Å². The maximum Gasteiger partial charge on any atom is 0.136 e. The summed E-state index contributed by atoms with van der Waals surface area (Å²) in [5, 5.41) is 7.34. The van der Waals surface area contributed by atoms with Crippen molar-refractivity contribution in [1.82, 2.24) is 4.98 Å². The van der Waals surface area contributed by atoms with Crippen molar-refractivity contribution in [2.24, 2.45) is 0 Å². The van der Waals surface area contributed by atoms with Crippen molar-refractivity contribution in [2.45, 2.75) is 6.42 Å². The molecule has 0 fully saturated rings. The molecule has 0 radical (unpaired) electrons. The minimum Gasteiger partial charge on any atom is -0.456 e. The summed E-state index contributed by atoms with van der Waals surface area (Å²) in [4.78, 5) is 4.72. The molecule has 2 heterocycles. The summed E-state index contributed by atoms with van der Waals surface area (Å²) in [6, 6.07) is 25.7. The predicted molar refractivity (Wildman–Crippen MR) is 125 cm³/mol. The van der Waals surface area contributed by atoms with Crippen molar-refractivity contribution >= 4 is 49.6 Å². The molecule has 6 aromatic rings. The number of benzene rings is 4. The average Bonchev–Trinajstić information content (AvgIpc) is 3.17. The van der Waals surface area contributed by atoms with E-state index >= 15 is 0 Å². The van der Waals surface area contributed by atoms with Crippen LogP contribution in [-0.4, -0.2) is 4.98 Å². The monoisotopic (exact) mass is 383 g/mol.